The van der Waals surface area contributed by atoms with E-state index in [1.165, 1.54) is 0 Å². The number of rotatable bonds is 11. The van der Waals surface area contributed by atoms with Gasteiger partial charge in [-0.1, -0.05) is 26.0 Å². The Morgan fingerprint density at radius 1 is 1.30 bits per heavy atom. The molecule has 0 heterocycles. The topological polar surface area (TPSA) is 96.6 Å². The number of carbonyl (C=O) groups excluding carboxylic acids is 1. The Kier molecular flexibility index (Phi) is 9.28. The molecule has 23 heavy (non-hydrogen) atoms. The second kappa shape index (κ2) is 11.0. The molecule has 0 aromatic heterocycles. The highest BCUT2D eigenvalue weighted by molar-refractivity contribution is 5.76. The molecule has 130 valence electrons. The van der Waals surface area contributed by atoms with Gasteiger partial charge in [0.15, 0.2) is 0 Å². The molecular weight excluding hydrogens is 294 g/mol. The monoisotopic (exact) mass is 323 g/mol. The zero-order valence-electron chi connectivity index (χ0n) is 14.0. The standard InChI is InChI=1S/C17H29N3O3/c1-13(2)20-11-15(21)12-23-16-6-3-14(4-7-16)5-8-17(22)19-10-9-18/h3-4,6-7,13,15,20-21H,5,8-12,18H2,1-2H3,(H,19,22)/t15-/m0/s1. The van der Waals surface area contributed by atoms with Crippen molar-refractivity contribution in [2.24, 2.45) is 5.73 Å². The van der Waals surface area contributed by atoms with Crippen molar-refractivity contribution in [3.8, 4) is 5.75 Å². The normalized spacial score (nSPS) is 12.2. The summed E-state index contributed by atoms with van der Waals surface area (Å²) in [4.78, 5) is 11.5. The maximum atomic E-state index is 11.5. The van der Waals surface area contributed by atoms with Crippen molar-refractivity contribution in [3.63, 3.8) is 0 Å². The SMILES string of the molecule is CC(C)NC[C@H](O)COc1ccc(CCC(=O)NCCN)cc1. The molecule has 0 aliphatic heterocycles. The van der Waals surface area contributed by atoms with Gasteiger partial charge in [0.1, 0.15) is 18.5 Å². The largest absolute Gasteiger partial charge is 0.491 e. The van der Waals surface area contributed by atoms with E-state index in [1.54, 1.807) is 0 Å². The molecule has 0 saturated heterocycles. The van der Waals surface area contributed by atoms with Gasteiger partial charge in [0.2, 0.25) is 5.91 Å². The lowest BCUT2D eigenvalue weighted by Crippen LogP contribution is -2.35. The maximum absolute atomic E-state index is 11.5. The zero-order chi connectivity index (χ0) is 17.1. The van der Waals surface area contributed by atoms with Gasteiger partial charge in [-0.2, -0.15) is 0 Å². The number of aliphatic hydroxyl groups is 1. The number of amides is 1. The lowest BCUT2D eigenvalue weighted by Gasteiger charge is -2.15. The fraction of sp³-hybridized carbons (Fsp3) is 0.588. The van der Waals surface area contributed by atoms with Gasteiger partial charge >= 0.3 is 0 Å². The number of ether oxygens (including phenoxy) is 1. The molecule has 1 aromatic carbocycles. The molecule has 1 atom stereocenters. The van der Waals surface area contributed by atoms with Crippen molar-refractivity contribution in [1.29, 1.82) is 0 Å². The Morgan fingerprint density at radius 2 is 2.00 bits per heavy atom. The molecule has 1 amide bonds. The minimum atomic E-state index is -0.539. The predicted octanol–water partition coefficient (Wildman–Crippen LogP) is 0.432. The van der Waals surface area contributed by atoms with Gasteiger partial charge in [-0.15, -0.1) is 0 Å². The lowest BCUT2D eigenvalue weighted by atomic mass is 10.1. The van der Waals surface area contributed by atoms with Crippen LogP contribution in [0.3, 0.4) is 0 Å². The molecule has 0 radical (unpaired) electrons. The number of aliphatic hydroxyl groups excluding tert-OH is 1. The van der Waals surface area contributed by atoms with Crippen LogP contribution in [0, 0.1) is 0 Å². The van der Waals surface area contributed by atoms with E-state index in [0.29, 0.717) is 44.3 Å². The first kappa shape index (κ1) is 19.4. The summed E-state index contributed by atoms with van der Waals surface area (Å²) in [6, 6.07) is 7.92. The molecular formula is C17H29N3O3. The average molecular weight is 323 g/mol. The molecule has 5 N–H and O–H groups in total. The summed E-state index contributed by atoms with van der Waals surface area (Å²) in [6.07, 6.45) is 0.584. The van der Waals surface area contributed by atoms with Crippen molar-refractivity contribution in [3.05, 3.63) is 29.8 Å². The second-order valence-electron chi connectivity index (χ2n) is 5.81. The van der Waals surface area contributed by atoms with Gasteiger partial charge in [-0.05, 0) is 24.1 Å². The molecule has 1 aromatic rings. The van der Waals surface area contributed by atoms with Crippen LogP contribution in [-0.4, -0.2) is 49.4 Å². The lowest BCUT2D eigenvalue weighted by molar-refractivity contribution is -0.120. The number of hydrogen-bond acceptors (Lipinski definition) is 5. The fourth-order valence-electron chi connectivity index (χ4n) is 1.93. The third-order valence-corrected chi connectivity index (χ3v) is 3.23. The smallest absolute Gasteiger partial charge is 0.220 e. The van der Waals surface area contributed by atoms with Crippen molar-refractivity contribution >= 4 is 5.91 Å². The molecule has 0 fully saturated rings. The van der Waals surface area contributed by atoms with Gasteiger partial charge in [0.25, 0.3) is 0 Å². The summed E-state index contributed by atoms with van der Waals surface area (Å²) < 4.78 is 5.55. The summed E-state index contributed by atoms with van der Waals surface area (Å²) in [5.41, 5.74) is 6.41. The number of carbonyl (C=O) groups is 1. The van der Waals surface area contributed by atoms with Gasteiger partial charge in [-0.3, -0.25) is 4.79 Å². The van der Waals surface area contributed by atoms with E-state index in [0.717, 1.165) is 5.56 Å². The number of aryl methyl sites for hydroxylation is 1. The Labute approximate surface area is 138 Å². The first-order chi connectivity index (χ1) is 11.0. The Hall–Kier alpha value is -1.63. The summed E-state index contributed by atoms with van der Waals surface area (Å²) in [6.45, 7) is 5.79. The third kappa shape index (κ3) is 9.18. The number of nitrogens with two attached hydrogens (primary N) is 1. The van der Waals surface area contributed by atoms with Crippen LogP contribution >= 0.6 is 0 Å². The minimum absolute atomic E-state index is 0.0107. The van der Waals surface area contributed by atoms with E-state index in [-0.39, 0.29) is 12.5 Å². The minimum Gasteiger partial charge on any atom is -0.491 e. The van der Waals surface area contributed by atoms with Crippen molar-refractivity contribution in [2.45, 2.75) is 38.8 Å². The number of benzene rings is 1. The highest BCUT2D eigenvalue weighted by Crippen LogP contribution is 2.13. The molecule has 0 bridgehead atoms. The van der Waals surface area contributed by atoms with E-state index in [1.807, 2.05) is 38.1 Å². The number of hydrogen-bond donors (Lipinski definition) is 4. The molecule has 6 heteroatoms. The van der Waals surface area contributed by atoms with Gasteiger partial charge in [0.05, 0.1) is 0 Å². The number of nitrogens with one attached hydrogen (secondary N) is 2. The summed E-state index contributed by atoms with van der Waals surface area (Å²) >= 11 is 0. The Bertz CT molecular complexity index is 449. The van der Waals surface area contributed by atoms with Crippen molar-refractivity contribution < 1.29 is 14.6 Å². The molecule has 0 unspecified atom stereocenters. The van der Waals surface area contributed by atoms with Gasteiger partial charge < -0.3 is 26.2 Å². The summed E-state index contributed by atoms with van der Waals surface area (Å²) in [7, 11) is 0. The third-order valence-electron chi connectivity index (χ3n) is 3.23. The summed E-state index contributed by atoms with van der Waals surface area (Å²) in [5, 5.41) is 15.7. The quantitative estimate of drug-likeness (QED) is 0.474. The Morgan fingerprint density at radius 3 is 2.61 bits per heavy atom. The van der Waals surface area contributed by atoms with Crippen molar-refractivity contribution in [2.75, 3.05) is 26.2 Å². The van der Waals surface area contributed by atoms with E-state index in [2.05, 4.69) is 10.6 Å². The van der Waals surface area contributed by atoms with E-state index in [9.17, 15) is 9.90 Å². The van der Waals surface area contributed by atoms with Gasteiger partial charge in [-0.25, -0.2) is 0 Å². The average Bonchev–Trinajstić information content (AvgIpc) is 2.55. The molecule has 0 aliphatic rings. The first-order valence-corrected chi connectivity index (χ1v) is 8.11. The fourth-order valence-corrected chi connectivity index (χ4v) is 1.93. The van der Waals surface area contributed by atoms with Crippen LogP contribution in [-0.2, 0) is 11.2 Å². The van der Waals surface area contributed by atoms with E-state index in [4.69, 9.17) is 10.5 Å². The Balaban J connectivity index is 2.29. The predicted molar refractivity (Wildman–Crippen MR) is 91.5 cm³/mol. The van der Waals surface area contributed by atoms with Crippen LogP contribution in [0.4, 0.5) is 0 Å². The zero-order valence-corrected chi connectivity index (χ0v) is 14.0. The highest BCUT2D eigenvalue weighted by Gasteiger charge is 2.06. The maximum Gasteiger partial charge on any atom is 0.220 e. The highest BCUT2D eigenvalue weighted by atomic mass is 16.5. The van der Waals surface area contributed by atoms with Crippen LogP contribution in [0.25, 0.3) is 0 Å². The van der Waals surface area contributed by atoms with Crippen LogP contribution in [0.5, 0.6) is 5.75 Å². The second-order valence-corrected chi connectivity index (χ2v) is 5.81. The van der Waals surface area contributed by atoms with Crippen LogP contribution in [0.15, 0.2) is 24.3 Å². The molecule has 0 spiro atoms. The van der Waals surface area contributed by atoms with E-state index >= 15 is 0 Å². The first-order valence-electron chi connectivity index (χ1n) is 8.11. The summed E-state index contributed by atoms with van der Waals surface area (Å²) in [5.74, 6) is 0.724. The molecule has 6 nitrogen and oxygen atoms in total. The van der Waals surface area contributed by atoms with Crippen LogP contribution < -0.4 is 21.1 Å². The molecule has 1 rings (SSSR count). The molecule has 0 aliphatic carbocycles. The van der Waals surface area contributed by atoms with Crippen molar-refractivity contribution in [1.82, 2.24) is 10.6 Å². The molecule has 0 saturated carbocycles. The van der Waals surface area contributed by atoms with Gasteiger partial charge in [0, 0.05) is 32.1 Å². The van der Waals surface area contributed by atoms with E-state index < -0.39 is 6.10 Å². The van der Waals surface area contributed by atoms with Crippen LogP contribution in [0.2, 0.25) is 0 Å². The van der Waals surface area contributed by atoms with Crippen LogP contribution in [0.1, 0.15) is 25.8 Å².